The molecule has 2 aromatic carbocycles. The van der Waals surface area contributed by atoms with Crippen LogP contribution in [-0.4, -0.2) is 16.5 Å². The summed E-state index contributed by atoms with van der Waals surface area (Å²) in [4.78, 5) is 22.1. The van der Waals surface area contributed by atoms with Crippen molar-refractivity contribution in [2.75, 3.05) is 0 Å². The molecule has 0 aliphatic rings. The minimum Gasteiger partial charge on any atom is -0.267 e. The zero-order valence-electron chi connectivity index (χ0n) is 11.9. The number of nitrogens with one attached hydrogen (secondary N) is 1. The van der Waals surface area contributed by atoms with Crippen molar-refractivity contribution in [3.05, 3.63) is 73.8 Å². The maximum absolute atomic E-state index is 12.0. The topological polar surface area (TPSA) is 84.6 Å². The predicted molar refractivity (Wildman–Crippen MR) is 89.2 cm³/mol. The molecule has 0 aliphatic heterocycles. The summed E-state index contributed by atoms with van der Waals surface area (Å²) in [7, 11) is 0. The summed E-state index contributed by atoms with van der Waals surface area (Å²) in [5.41, 5.74) is 3.76. The average Bonchev–Trinajstić information content (AvgIpc) is 2.52. The van der Waals surface area contributed by atoms with Crippen molar-refractivity contribution in [2.24, 2.45) is 5.10 Å². The number of nitro benzene ring substituents is 1. The smallest absolute Gasteiger partial charge is 0.267 e. The van der Waals surface area contributed by atoms with Crippen molar-refractivity contribution in [3.63, 3.8) is 0 Å². The second kappa shape index (κ2) is 7.21. The van der Waals surface area contributed by atoms with Gasteiger partial charge in [0.05, 0.1) is 21.2 Å². The Balaban J connectivity index is 2.12. The Morgan fingerprint density at radius 3 is 2.39 bits per heavy atom. The zero-order valence-corrected chi connectivity index (χ0v) is 13.4. The van der Waals surface area contributed by atoms with E-state index in [9.17, 15) is 14.9 Å². The Labute approximate surface area is 141 Å². The van der Waals surface area contributed by atoms with E-state index in [1.165, 1.54) is 24.3 Å². The first-order chi connectivity index (χ1) is 10.9. The fourth-order valence-corrected chi connectivity index (χ4v) is 2.25. The first-order valence-corrected chi connectivity index (χ1v) is 7.18. The van der Waals surface area contributed by atoms with Gasteiger partial charge in [0.1, 0.15) is 0 Å². The number of nitro groups is 1. The van der Waals surface area contributed by atoms with E-state index >= 15 is 0 Å². The first-order valence-electron chi connectivity index (χ1n) is 6.43. The van der Waals surface area contributed by atoms with Gasteiger partial charge in [-0.3, -0.25) is 14.9 Å². The zero-order chi connectivity index (χ0) is 17.0. The van der Waals surface area contributed by atoms with Gasteiger partial charge < -0.3 is 0 Å². The molecule has 118 valence electrons. The number of nitrogens with zero attached hydrogens (tertiary/aromatic N) is 2. The summed E-state index contributed by atoms with van der Waals surface area (Å²) < 4.78 is 0. The molecule has 0 unspecified atom stereocenters. The van der Waals surface area contributed by atoms with Gasteiger partial charge in [-0.2, -0.15) is 5.10 Å². The molecule has 0 fully saturated rings. The largest absolute Gasteiger partial charge is 0.272 e. The highest BCUT2D eigenvalue weighted by Gasteiger charge is 2.10. The van der Waals surface area contributed by atoms with Gasteiger partial charge in [0.25, 0.3) is 11.6 Å². The van der Waals surface area contributed by atoms with E-state index in [0.717, 1.165) is 0 Å². The Morgan fingerprint density at radius 2 is 1.83 bits per heavy atom. The standard InChI is InChI=1S/C15H11Cl2N3O3/c1-9(10-2-5-12(6-3-10)20(22)23)18-19-15(21)13-7-4-11(16)8-14(13)17/h2-8H,1H3,(H,19,21)/b18-9-. The summed E-state index contributed by atoms with van der Waals surface area (Å²) >= 11 is 11.7. The lowest BCUT2D eigenvalue weighted by atomic mass is 10.1. The molecule has 2 rings (SSSR count). The molecule has 0 aromatic heterocycles. The Kier molecular flexibility index (Phi) is 5.31. The predicted octanol–water partition coefficient (Wildman–Crippen LogP) is 4.06. The van der Waals surface area contributed by atoms with E-state index < -0.39 is 10.8 Å². The number of hydrogen-bond donors (Lipinski definition) is 1. The Hall–Kier alpha value is -2.44. The molecule has 23 heavy (non-hydrogen) atoms. The maximum Gasteiger partial charge on any atom is 0.272 e. The highest BCUT2D eigenvalue weighted by Crippen LogP contribution is 2.20. The van der Waals surface area contributed by atoms with Crippen LogP contribution in [0.4, 0.5) is 5.69 Å². The summed E-state index contributed by atoms with van der Waals surface area (Å²) in [6.45, 7) is 1.67. The van der Waals surface area contributed by atoms with Crippen LogP contribution in [0, 0.1) is 10.1 Å². The van der Waals surface area contributed by atoms with Gasteiger partial charge in [0.2, 0.25) is 0 Å². The average molecular weight is 352 g/mol. The van der Waals surface area contributed by atoms with Crippen LogP contribution in [0.2, 0.25) is 10.0 Å². The van der Waals surface area contributed by atoms with Crippen LogP contribution in [0.5, 0.6) is 0 Å². The third kappa shape index (κ3) is 4.28. The van der Waals surface area contributed by atoms with Crippen molar-refractivity contribution < 1.29 is 9.72 Å². The highest BCUT2D eigenvalue weighted by atomic mass is 35.5. The minimum absolute atomic E-state index is 0.0152. The molecule has 0 bridgehead atoms. The number of benzene rings is 2. The van der Waals surface area contributed by atoms with Crippen LogP contribution >= 0.6 is 23.2 Å². The molecule has 6 nitrogen and oxygen atoms in total. The van der Waals surface area contributed by atoms with E-state index in [1.54, 1.807) is 25.1 Å². The summed E-state index contributed by atoms with van der Waals surface area (Å²) in [6.07, 6.45) is 0. The first kappa shape index (κ1) is 16.9. The second-order valence-electron chi connectivity index (χ2n) is 4.57. The van der Waals surface area contributed by atoms with Crippen LogP contribution in [0.1, 0.15) is 22.8 Å². The molecule has 0 aliphatic carbocycles. The summed E-state index contributed by atoms with van der Waals surface area (Å²) in [5.74, 6) is -0.479. The molecule has 1 amide bonds. The second-order valence-corrected chi connectivity index (χ2v) is 5.41. The van der Waals surface area contributed by atoms with E-state index in [-0.39, 0.29) is 16.3 Å². The van der Waals surface area contributed by atoms with Crippen LogP contribution in [0.3, 0.4) is 0 Å². The monoisotopic (exact) mass is 351 g/mol. The quantitative estimate of drug-likeness (QED) is 0.512. The number of halogens is 2. The molecule has 0 saturated carbocycles. The molecule has 0 saturated heterocycles. The van der Waals surface area contributed by atoms with Gasteiger partial charge in [0.15, 0.2) is 0 Å². The Bertz CT molecular complexity index is 789. The van der Waals surface area contributed by atoms with Gasteiger partial charge in [-0.1, -0.05) is 23.2 Å². The van der Waals surface area contributed by atoms with Crippen molar-refractivity contribution >= 4 is 40.5 Å². The number of hydrogen-bond acceptors (Lipinski definition) is 4. The number of non-ortho nitro benzene ring substituents is 1. The minimum atomic E-state index is -0.486. The molecule has 8 heteroatoms. The van der Waals surface area contributed by atoms with E-state index in [2.05, 4.69) is 10.5 Å². The maximum atomic E-state index is 12.0. The lowest BCUT2D eigenvalue weighted by Gasteiger charge is -2.05. The van der Waals surface area contributed by atoms with Crippen molar-refractivity contribution in [2.45, 2.75) is 6.92 Å². The van der Waals surface area contributed by atoms with Gasteiger partial charge in [-0.25, -0.2) is 5.43 Å². The van der Waals surface area contributed by atoms with E-state index in [4.69, 9.17) is 23.2 Å². The van der Waals surface area contributed by atoms with Gasteiger partial charge in [-0.05, 0) is 42.8 Å². The number of carbonyl (C=O) groups excluding carboxylic acids is 1. The van der Waals surface area contributed by atoms with Crippen molar-refractivity contribution in [1.82, 2.24) is 5.43 Å². The molecular weight excluding hydrogens is 341 g/mol. The third-order valence-corrected chi connectivity index (χ3v) is 3.54. The van der Waals surface area contributed by atoms with Gasteiger partial charge >= 0.3 is 0 Å². The lowest BCUT2D eigenvalue weighted by Crippen LogP contribution is -2.19. The lowest BCUT2D eigenvalue weighted by molar-refractivity contribution is -0.384. The molecule has 0 heterocycles. The van der Waals surface area contributed by atoms with Crippen molar-refractivity contribution in [3.8, 4) is 0 Å². The van der Waals surface area contributed by atoms with Gasteiger partial charge in [-0.15, -0.1) is 0 Å². The highest BCUT2D eigenvalue weighted by molar-refractivity contribution is 6.36. The Morgan fingerprint density at radius 1 is 1.17 bits per heavy atom. The van der Waals surface area contributed by atoms with E-state index in [0.29, 0.717) is 16.3 Å². The third-order valence-electron chi connectivity index (χ3n) is 3.00. The van der Waals surface area contributed by atoms with Crippen molar-refractivity contribution in [1.29, 1.82) is 0 Å². The molecule has 1 N–H and O–H groups in total. The number of hydrazone groups is 1. The molecular formula is C15H11Cl2N3O3. The molecule has 0 radical (unpaired) electrons. The van der Waals surface area contributed by atoms with Crippen LogP contribution in [0.25, 0.3) is 0 Å². The normalized spacial score (nSPS) is 11.2. The van der Waals surface area contributed by atoms with Crippen LogP contribution < -0.4 is 5.43 Å². The molecule has 0 atom stereocenters. The molecule has 0 spiro atoms. The fraction of sp³-hybridized carbons (Fsp3) is 0.0667. The SMILES string of the molecule is C/C(=N/NC(=O)c1ccc(Cl)cc1Cl)c1ccc([N+](=O)[O-])cc1. The number of rotatable bonds is 4. The summed E-state index contributed by atoms with van der Waals surface area (Å²) in [5, 5.41) is 15.2. The summed E-state index contributed by atoms with van der Waals surface area (Å²) in [6, 6.07) is 10.4. The number of carbonyl (C=O) groups is 1. The van der Waals surface area contributed by atoms with Gasteiger partial charge in [0, 0.05) is 17.2 Å². The van der Waals surface area contributed by atoms with E-state index in [1.807, 2.05) is 0 Å². The number of amides is 1. The van der Waals surface area contributed by atoms with Crippen LogP contribution in [0.15, 0.2) is 47.6 Å². The molecule has 2 aromatic rings. The fourth-order valence-electron chi connectivity index (χ4n) is 1.76. The van der Waals surface area contributed by atoms with Crippen LogP contribution in [-0.2, 0) is 0 Å².